The quantitative estimate of drug-likeness (QED) is 0.759. The van der Waals surface area contributed by atoms with E-state index in [1.807, 2.05) is 67.6 Å². The summed E-state index contributed by atoms with van der Waals surface area (Å²) in [7, 11) is 1.65. The van der Waals surface area contributed by atoms with E-state index in [0.29, 0.717) is 0 Å². The van der Waals surface area contributed by atoms with Gasteiger partial charge in [0.05, 0.1) is 12.8 Å². The molecule has 0 radical (unpaired) electrons. The smallest absolute Gasteiger partial charge is 0.134 e. The number of nitrogens with one attached hydrogen (secondary N) is 1. The van der Waals surface area contributed by atoms with Gasteiger partial charge in [0.1, 0.15) is 17.4 Å². The molecule has 0 bridgehead atoms. The summed E-state index contributed by atoms with van der Waals surface area (Å²) >= 11 is 0. The van der Waals surface area contributed by atoms with E-state index >= 15 is 0 Å². The minimum atomic E-state index is 0. The summed E-state index contributed by atoms with van der Waals surface area (Å²) < 4.78 is 5.24. The van der Waals surface area contributed by atoms with Gasteiger partial charge in [-0.05, 0) is 19.1 Å². The molecule has 23 heavy (non-hydrogen) atoms. The lowest BCUT2D eigenvalue weighted by Crippen LogP contribution is -1.99. The third-order valence-electron chi connectivity index (χ3n) is 3.25. The van der Waals surface area contributed by atoms with Crippen molar-refractivity contribution in [3.05, 3.63) is 66.5 Å². The third-order valence-corrected chi connectivity index (χ3v) is 3.25. The molecule has 0 fully saturated rings. The first kappa shape index (κ1) is 16.8. The summed E-state index contributed by atoms with van der Waals surface area (Å²) in [6.07, 6.45) is 0. The molecule has 1 aromatic heterocycles. The number of ether oxygens (including phenoxy) is 1. The molecule has 0 aliphatic rings. The number of aromatic nitrogens is 2. The van der Waals surface area contributed by atoms with Crippen LogP contribution in [0.3, 0.4) is 0 Å². The Morgan fingerprint density at radius 1 is 0.913 bits per heavy atom. The van der Waals surface area contributed by atoms with E-state index in [-0.39, 0.29) is 12.4 Å². The fraction of sp³-hybridized carbons (Fsp3) is 0.111. The number of halogens is 1. The topological polar surface area (TPSA) is 47.0 Å². The van der Waals surface area contributed by atoms with Crippen LogP contribution in [-0.4, -0.2) is 17.1 Å². The molecule has 0 amide bonds. The highest BCUT2D eigenvalue weighted by Crippen LogP contribution is 2.23. The molecule has 0 saturated carbocycles. The molecule has 3 rings (SSSR count). The van der Waals surface area contributed by atoms with Crippen molar-refractivity contribution in [2.45, 2.75) is 6.92 Å². The van der Waals surface area contributed by atoms with E-state index in [1.54, 1.807) is 7.11 Å². The maximum atomic E-state index is 5.24. The van der Waals surface area contributed by atoms with Gasteiger partial charge >= 0.3 is 0 Å². The SMILES string of the molecule is COc1cccc(Nc2cc(-c3ccccc3)nc(C)n2)c1.Cl. The van der Waals surface area contributed by atoms with Crippen LogP contribution in [0.5, 0.6) is 5.75 Å². The zero-order valence-corrected chi connectivity index (χ0v) is 13.8. The molecule has 3 aromatic rings. The number of rotatable bonds is 4. The molecule has 4 nitrogen and oxygen atoms in total. The zero-order chi connectivity index (χ0) is 15.4. The molecule has 0 aliphatic carbocycles. The summed E-state index contributed by atoms with van der Waals surface area (Å²) in [4.78, 5) is 8.95. The van der Waals surface area contributed by atoms with Crippen molar-refractivity contribution in [3.8, 4) is 17.0 Å². The highest BCUT2D eigenvalue weighted by atomic mass is 35.5. The first-order chi connectivity index (χ1) is 10.7. The summed E-state index contributed by atoms with van der Waals surface area (Å²) in [6.45, 7) is 1.89. The molecular weight excluding hydrogens is 310 g/mol. The van der Waals surface area contributed by atoms with Crippen molar-refractivity contribution in [2.24, 2.45) is 0 Å². The molecule has 0 atom stereocenters. The van der Waals surface area contributed by atoms with Gasteiger partial charge in [-0.15, -0.1) is 12.4 Å². The molecule has 2 aromatic carbocycles. The molecule has 0 unspecified atom stereocenters. The monoisotopic (exact) mass is 327 g/mol. The number of methoxy groups -OCH3 is 1. The number of benzene rings is 2. The average Bonchev–Trinajstić information content (AvgIpc) is 2.55. The van der Waals surface area contributed by atoms with Crippen molar-refractivity contribution in [1.82, 2.24) is 9.97 Å². The second-order valence-electron chi connectivity index (χ2n) is 4.91. The van der Waals surface area contributed by atoms with Crippen LogP contribution in [0, 0.1) is 6.92 Å². The van der Waals surface area contributed by atoms with Crippen LogP contribution >= 0.6 is 12.4 Å². The van der Waals surface area contributed by atoms with Crippen molar-refractivity contribution in [1.29, 1.82) is 0 Å². The number of nitrogens with zero attached hydrogens (tertiary/aromatic N) is 2. The van der Waals surface area contributed by atoms with E-state index in [1.165, 1.54) is 0 Å². The maximum Gasteiger partial charge on any atom is 0.134 e. The summed E-state index contributed by atoms with van der Waals surface area (Å²) in [5, 5.41) is 3.30. The highest BCUT2D eigenvalue weighted by molar-refractivity contribution is 5.85. The van der Waals surface area contributed by atoms with Gasteiger partial charge in [0.25, 0.3) is 0 Å². The third kappa shape index (κ3) is 4.20. The summed E-state index contributed by atoms with van der Waals surface area (Å²) in [5.41, 5.74) is 2.90. The van der Waals surface area contributed by atoms with Gasteiger partial charge in [0, 0.05) is 23.4 Å². The van der Waals surface area contributed by atoms with Crippen LogP contribution in [0.2, 0.25) is 0 Å². The lowest BCUT2D eigenvalue weighted by molar-refractivity contribution is 0.415. The molecule has 5 heteroatoms. The van der Waals surface area contributed by atoms with Crippen LogP contribution in [0.1, 0.15) is 5.82 Å². The van der Waals surface area contributed by atoms with E-state index in [9.17, 15) is 0 Å². The van der Waals surface area contributed by atoms with E-state index < -0.39 is 0 Å². The van der Waals surface area contributed by atoms with Gasteiger partial charge in [0.15, 0.2) is 0 Å². The Hall–Kier alpha value is -2.59. The van der Waals surface area contributed by atoms with Gasteiger partial charge in [-0.25, -0.2) is 9.97 Å². The Labute approximate surface area is 142 Å². The first-order valence-electron chi connectivity index (χ1n) is 7.07. The fourth-order valence-corrected chi connectivity index (χ4v) is 2.24. The Kier molecular flexibility index (Phi) is 5.55. The zero-order valence-electron chi connectivity index (χ0n) is 13.0. The lowest BCUT2D eigenvalue weighted by atomic mass is 10.1. The standard InChI is InChI=1S/C18H17N3O.ClH/c1-13-19-17(14-7-4-3-5-8-14)12-18(20-13)21-15-9-6-10-16(11-15)22-2;/h3-12H,1-2H3,(H,19,20,21);1H. The van der Waals surface area contributed by atoms with E-state index in [0.717, 1.165) is 34.3 Å². The number of hydrogen-bond acceptors (Lipinski definition) is 4. The molecule has 0 aliphatic heterocycles. The maximum absolute atomic E-state index is 5.24. The normalized spacial score (nSPS) is 9.83. The molecule has 1 heterocycles. The largest absolute Gasteiger partial charge is 0.497 e. The summed E-state index contributed by atoms with van der Waals surface area (Å²) in [5.74, 6) is 2.30. The summed E-state index contributed by atoms with van der Waals surface area (Å²) in [6, 6.07) is 19.8. The fourth-order valence-electron chi connectivity index (χ4n) is 2.24. The number of hydrogen-bond donors (Lipinski definition) is 1. The highest BCUT2D eigenvalue weighted by Gasteiger charge is 2.05. The molecular formula is C18H18ClN3O. The first-order valence-corrected chi connectivity index (χ1v) is 7.07. The van der Waals surface area contributed by atoms with Gasteiger partial charge < -0.3 is 10.1 Å². The van der Waals surface area contributed by atoms with Crippen LogP contribution in [0.4, 0.5) is 11.5 Å². The Morgan fingerprint density at radius 2 is 1.70 bits per heavy atom. The van der Waals surface area contributed by atoms with Crippen LogP contribution in [0.15, 0.2) is 60.7 Å². The van der Waals surface area contributed by atoms with E-state index in [4.69, 9.17) is 4.74 Å². The minimum absolute atomic E-state index is 0. The average molecular weight is 328 g/mol. The predicted octanol–water partition coefficient (Wildman–Crippen LogP) is 4.63. The number of aryl methyl sites for hydroxylation is 1. The van der Waals surface area contributed by atoms with Crippen molar-refractivity contribution in [2.75, 3.05) is 12.4 Å². The Balaban J connectivity index is 0.00000192. The Morgan fingerprint density at radius 3 is 2.43 bits per heavy atom. The minimum Gasteiger partial charge on any atom is -0.497 e. The van der Waals surface area contributed by atoms with Crippen molar-refractivity contribution in [3.63, 3.8) is 0 Å². The van der Waals surface area contributed by atoms with Crippen LogP contribution in [0.25, 0.3) is 11.3 Å². The van der Waals surface area contributed by atoms with Crippen LogP contribution < -0.4 is 10.1 Å². The Bertz CT molecular complexity index is 778. The second-order valence-corrected chi connectivity index (χ2v) is 4.91. The molecule has 0 spiro atoms. The van der Waals surface area contributed by atoms with Gasteiger partial charge in [-0.1, -0.05) is 36.4 Å². The van der Waals surface area contributed by atoms with Gasteiger partial charge in [0.2, 0.25) is 0 Å². The van der Waals surface area contributed by atoms with Crippen molar-refractivity contribution >= 4 is 23.9 Å². The molecule has 0 saturated heterocycles. The van der Waals surface area contributed by atoms with Crippen LogP contribution in [-0.2, 0) is 0 Å². The van der Waals surface area contributed by atoms with Gasteiger partial charge in [-0.2, -0.15) is 0 Å². The second kappa shape index (κ2) is 7.61. The number of anilines is 2. The molecule has 1 N–H and O–H groups in total. The molecule has 118 valence electrons. The van der Waals surface area contributed by atoms with Crippen molar-refractivity contribution < 1.29 is 4.74 Å². The predicted molar refractivity (Wildman–Crippen MR) is 95.7 cm³/mol. The van der Waals surface area contributed by atoms with E-state index in [2.05, 4.69) is 15.3 Å². The lowest BCUT2D eigenvalue weighted by Gasteiger charge is -2.10. The van der Waals surface area contributed by atoms with Gasteiger partial charge in [-0.3, -0.25) is 0 Å².